The second-order valence-corrected chi connectivity index (χ2v) is 5.70. The smallest absolute Gasteiger partial charge is 0.266 e. The fourth-order valence-electron chi connectivity index (χ4n) is 2.18. The first-order valence-electron chi connectivity index (χ1n) is 6.27. The molecule has 1 aliphatic rings. The molecule has 2 heterocycles. The summed E-state index contributed by atoms with van der Waals surface area (Å²) >= 11 is 1.37. The number of nitrogens with zero attached hydrogens (tertiary/aromatic N) is 2. The summed E-state index contributed by atoms with van der Waals surface area (Å²) in [6, 6.07) is 4.00. The zero-order valence-electron chi connectivity index (χ0n) is 10.4. The lowest BCUT2D eigenvalue weighted by Crippen LogP contribution is -2.35. The molecule has 5 nitrogen and oxygen atoms in total. The Bertz CT molecular complexity index is 621. The number of fused-ring (bicyclic) bond motifs is 1. The van der Waals surface area contributed by atoms with Gasteiger partial charge in [0.1, 0.15) is 10.4 Å². The number of thiophene rings is 1. The third-order valence-electron chi connectivity index (χ3n) is 3.27. The van der Waals surface area contributed by atoms with Crippen LogP contribution in [0.3, 0.4) is 0 Å². The van der Waals surface area contributed by atoms with Crippen LogP contribution in [0.4, 0.5) is 5.69 Å². The van der Waals surface area contributed by atoms with Crippen molar-refractivity contribution in [3.8, 4) is 0 Å². The molecule has 0 atom stereocenters. The van der Waals surface area contributed by atoms with Crippen molar-refractivity contribution < 1.29 is 9.90 Å². The van der Waals surface area contributed by atoms with Crippen LogP contribution in [0.25, 0.3) is 10.2 Å². The molecule has 2 aromatic heterocycles. The number of hydrogen-bond acceptors (Lipinski definition) is 5. The highest BCUT2D eigenvalue weighted by Gasteiger charge is 2.34. The Kier molecular flexibility index (Phi) is 3.12. The maximum absolute atomic E-state index is 12.5. The molecule has 0 spiro atoms. The van der Waals surface area contributed by atoms with Crippen LogP contribution in [0, 0.1) is 0 Å². The molecular weight excluding hydrogens is 262 g/mol. The molecule has 0 aliphatic heterocycles. The topological polar surface area (TPSA) is 79.5 Å². The summed E-state index contributed by atoms with van der Waals surface area (Å²) < 4.78 is 0.920. The molecule has 0 bridgehead atoms. The van der Waals surface area contributed by atoms with Crippen molar-refractivity contribution in [3.63, 3.8) is 0 Å². The van der Waals surface area contributed by atoms with E-state index in [1.165, 1.54) is 11.3 Å². The van der Waals surface area contributed by atoms with Crippen molar-refractivity contribution in [2.75, 3.05) is 18.9 Å². The van der Waals surface area contributed by atoms with Crippen molar-refractivity contribution in [2.45, 2.75) is 18.9 Å². The minimum absolute atomic E-state index is 0.0225. The van der Waals surface area contributed by atoms with Crippen LogP contribution in [0.15, 0.2) is 18.3 Å². The number of nitrogen functional groups attached to an aromatic ring is 1. The molecular formula is C13H15N3O2S. The Morgan fingerprint density at radius 1 is 1.58 bits per heavy atom. The number of pyridine rings is 1. The molecule has 100 valence electrons. The maximum Gasteiger partial charge on any atom is 0.266 e. The number of aromatic nitrogens is 1. The average molecular weight is 277 g/mol. The number of hydrogen-bond donors (Lipinski definition) is 2. The molecule has 6 heteroatoms. The largest absolute Gasteiger partial charge is 0.396 e. The number of aliphatic hydroxyl groups excluding tert-OH is 1. The summed E-state index contributed by atoms with van der Waals surface area (Å²) in [4.78, 5) is 19.0. The predicted molar refractivity (Wildman–Crippen MR) is 75.2 cm³/mol. The lowest BCUT2D eigenvalue weighted by Gasteiger charge is -2.20. The van der Waals surface area contributed by atoms with Crippen LogP contribution >= 0.6 is 11.3 Å². The van der Waals surface area contributed by atoms with Gasteiger partial charge in [-0.3, -0.25) is 9.78 Å². The van der Waals surface area contributed by atoms with Gasteiger partial charge in [-0.05, 0) is 25.0 Å². The van der Waals surface area contributed by atoms with E-state index in [4.69, 9.17) is 10.8 Å². The average Bonchev–Trinajstić information content (AvgIpc) is 3.21. The highest BCUT2D eigenvalue weighted by atomic mass is 32.1. The number of nitrogens with two attached hydrogens (primary N) is 1. The van der Waals surface area contributed by atoms with E-state index in [1.807, 2.05) is 12.1 Å². The van der Waals surface area contributed by atoms with Crippen LogP contribution in [-0.4, -0.2) is 40.1 Å². The van der Waals surface area contributed by atoms with Crippen molar-refractivity contribution in [1.82, 2.24) is 9.88 Å². The second kappa shape index (κ2) is 4.79. The first-order valence-corrected chi connectivity index (χ1v) is 7.09. The number of aliphatic hydroxyl groups is 1. The molecule has 0 radical (unpaired) electrons. The molecule has 19 heavy (non-hydrogen) atoms. The van der Waals surface area contributed by atoms with Crippen molar-refractivity contribution in [3.05, 3.63) is 23.2 Å². The van der Waals surface area contributed by atoms with Gasteiger partial charge in [0.25, 0.3) is 5.91 Å². The van der Waals surface area contributed by atoms with E-state index in [-0.39, 0.29) is 18.6 Å². The van der Waals surface area contributed by atoms with E-state index in [0.29, 0.717) is 22.6 Å². The van der Waals surface area contributed by atoms with Gasteiger partial charge < -0.3 is 15.7 Å². The summed E-state index contributed by atoms with van der Waals surface area (Å²) in [5, 5.41) is 9.08. The van der Waals surface area contributed by atoms with E-state index < -0.39 is 0 Å². The SMILES string of the molecule is Nc1c(C(=O)N(CCO)C2CC2)sc2cccnc12. The van der Waals surface area contributed by atoms with E-state index >= 15 is 0 Å². The third-order valence-corrected chi connectivity index (χ3v) is 4.41. The minimum Gasteiger partial charge on any atom is -0.396 e. The van der Waals surface area contributed by atoms with E-state index in [2.05, 4.69) is 4.98 Å². The zero-order chi connectivity index (χ0) is 13.4. The first-order chi connectivity index (χ1) is 9.22. The molecule has 3 N–H and O–H groups in total. The fraction of sp³-hybridized carbons (Fsp3) is 0.385. The van der Waals surface area contributed by atoms with Gasteiger partial charge in [-0.15, -0.1) is 11.3 Å². The van der Waals surface area contributed by atoms with Crippen LogP contribution in [0.2, 0.25) is 0 Å². The lowest BCUT2D eigenvalue weighted by atomic mass is 10.3. The molecule has 0 unspecified atom stereocenters. The number of anilines is 1. The highest BCUT2D eigenvalue weighted by Crippen LogP contribution is 2.35. The molecule has 1 aliphatic carbocycles. The summed E-state index contributed by atoms with van der Waals surface area (Å²) in [5.41, 5.74) is 7.18. The first kappa shape index (κ1) is 12.4. The van der Waals surface area contributed by atoms with Crippen molar-refractivity contribution >= 4 is 33.1 Å². The van der Waals surface area contributed by atoms with E-state index in [0.717, 1.165) is 17.5 Å². The van der Waals surface area contributed by atoms with Crippen molar-refractivity contribution in [1.29, 1.82) is 0 Å². The van der Waals surface area contributed by atoms with Crippen LogP contribution in [-0.2, 0) is 0 Å². The summed E-state index contributed by atoms with van der Waals surface area (Å²) in [6.45, 7) is 0.343. The van der Waals surface area contributed by atoms with Gasteiger partial charge in [-0.2, -0.15) is 0 Å². The number of carbonyl (C=O) groups is 1. The number of rotatable bonds is 4. The van der Waals surface area contributed by atoms with Crippen molar-refractivity contribution in [2.24, 2.45) is 0 Å². The zero-order valence-corrected chi connectivity index (χ0v) is 11.2. The molecule has 0 saturated heterocycles. The maximum atomic E-state index is 12.5. The van der Waals surface area contributed by atoms with Gasteiger partial charge in [-0.1, -0.05) is 0 Å². The fourth-order valence-corrected chi connectivity index (χ4v) is 3.22. The van der Waals surface area contributed by atoms with Crippen LogP contribution in [0.1, 0.15) is 22.5 Å². The quantitative estimate of drug-likeness (QED) is 0.887. The summed E-state index contributed by atoms with van der Waals surface area (Å²) in [6.07, 6.45) is 3.69. The Hall–Kier alpha value is -1.66. The van der Waals surface area contributed by atoms with Gasteiger partial charge in [0.2, 0.25) is 0 Å². The highest BCUT2D eigenvalue weighted by molar-refractivity contribution is 7.21. The standard InChI is InChI=1S/C13H15N3O2S/c14-10-11-9(2-1-5-15-11)19-12(10)13(18)16(6-7-17)8-3-4-8/h1-2,5,8,17H,3-4,6-7,14H2. The molecule has 1 amide bonds. The normalized spacial score (nSPS) is 14.8. The van der Waals surface area contributed by atoms with Gasteiger partial charge >= 0.3 is 0 Å². The molecule has 1 fully saturated rings. The molecule has 2 aromatic rings. The second-order valence-electron chi connectivity index (χ2n) is 4.65. The predicted octanol–water partition coefficient (Wildman–Crippen LogP) is 1.48. The van der Waals surface area contributed by atoms with E-state index in [1.54, 1.807) is 11.1 Å². The Labute approximate surface area is 114 Å². The van der Waals surface area contributed by atoms with Gasteiger partial charge in [-0.25, -0.2) is 0 Å². The van der Waals surface area contributed by atoms with Crippen LogP contribution in [0.5, 0.6) is 0 Å². The lowest BCUT2D eigenvalue weighted by molar-refractivity contribution is 0.0713. The molecule has 1 saturated carbocycles. The van der Waals surface area contributed by atoms with Gasteiger partial charge in [0, 0.05) is 18.8 Å². The van der Waals surface area contributed by atoms with Crippen LogP contribution < -0.4 is 5.73 Å². The summed E-state index contributed by atoms with van der Waals surface area (Å²) in [5.74, 6) is -0.0861. The van der Waals surface area contributed by atoms with E-state index in [9.17, 15) is 4.79 Å². The Morgan fingerprint density at radius 2 is 2.37 bits per heavy atom. The third kappa shape index (κ3) is 2.17. The van der Waals surface area contributed by atoms with Gasteiger partial charge in [0.15, 0.2) is 0 Å². The Morgan fingerprint density at radius 3 is 3.00 bits per heavy atom. The monoisotopic (exact) mass is 277 g/mol. The molecule has 0 aromatic carbocycles. The Balaban J connectivity index is 1.98. The molecule has 3 rings (SSSR count). The number of amides is 1. The van der Waals surface area contributed by atoms with Gasteiger partial charge in [0.05, 0.1) is 17.0 Å². The minimum atomic E-state index is -0.0861. The summed E-state index contributed by atoms with van der Waals surface area (Å²) in [7, 11) is 0. The number of carbonyl (C=O) groups excluding carboxylic acids is 1.